The van der Waals surface area contributed by atoms with Crippen molar-refractivity contribution in [1.82, 2.24) is 15.1 Å². The normalized spacial score (nSPS) is 19.5. The predicted octanol–water partition coefficient (Wildman–Crippen LogP) is 2.72. The van der Waals surface area contributed by atoms with Gasteiger partial charge in [0.25, 0.3) is 0 Å². The quantitative estimate of drug-likeness (QED) is 0.701. The molecule has 2 aliphatic rings. The Balaban J connectivity index is 1.47. The van der Waals surface area contributed by atoms with E-state index in [9.17, 15) is 9.59 Å². The highest BCUT2D eigenvalue weighted by Gasteiger charge is 2.31. The standard InChI is InChI=1S/C26H33N3O4/c1-19(30)29-12-11-20-5-3-4-6-23(20)24(29)17-26(31)27-18-25(28-13-15-33-16-14-28)21-7-9-22(32-2)10-8-21/h3-10,24-25H,11-18H2,1-2H3,(H,27,31). The first-order valence-corrected chi connectivity index (χ1v) is 11.6. The Morgan fingerprint density at radius 3 is 2.52 bits per heavy atom. The minimum atomic E-state index is -0.227. The molecule has 7 nitrogen and oxygen atoms in total. The van der Waals surface area contributed by atoms with Crippen molar-refractivity contribution in [2.75, 3.05) is 46.5 Å². The molecule has 2 amide bonds. The highest BCUT2D eigenvalue weighted by atomic mass is 16.5. The number of ether oxygens (including phenoxy) is 2. The van der Waals surface area contributed by atoms with E-state index in [1.807, 2.05) is 35.2 Å². The summed E-state index contributed by atoms with van der Waals surface area (Å²) in [6, 6.07) is 16.0. The van der Waals surface area contributed by atoms with Gasteiger partial charge in [-0.1, -0.05) is 36.4 Å². The van der Waals surface area contributed by atoms with Crippen molar-refractivity contribution >= 4 is 11.8 Å². The second-order valence-electron chi connectivity index (χ2n) is 8.62. The van der Waals surface area contributed by atoms with Gasteiger partial charge in [-0.25, -0.2) is 0 Å². The number of amides is 2. The molecule has 0 saturated carbocycles. The molecule has 2 heterocycles. The Bertz CT molecular complexity index is 956. The van der Waals surface area contributed by atoms with Crippen LogP contribution in [0.2, 0.25) is 0 Å². The van der Waals surface area contributed by atoms with E-state index >= 15 is 0 Å². The number of hydrogen-bond acceptors (Lipinski definition) is 5. The van der Waals surface area contributed by atoms with E-state index in [1.165, 1.54) is 5.56 Å². The van der Waals surface area contributed by atoms with Gasteiger partial charge in [0.15, 0.2) is 0 Å². The molecule has 0 aromatic heterocycles. The maximum atomic E-state index is 13.1. The first kappa shape index (κ1) is 23.3. The summed E-state index contributed by atoms with van der Waals surface area (Å²) in [5.74, 6) is 0.769. The minimum absolute atomic E-state index is 0.00623. The number of rotatable bonds is 7. The first-order chi connectivity index (χ1) is 16.1. The van der Waals surface area contributed by atoms with E-state index in [4.69, 9.17) is 9.47 Å². The first-order valence-electron chi connectivity index (χ1n) is 11.6. The van der Waals surface area contributed by atoms with Gasteiger partial charge in [-0.05, 0) is 35.2 Å². The molecule has 2 aliphatic heterocycles. The van der Waals surface area contributed by atoms with Gasteiger partial charge in [-0.2, -0.15) is 0 Å². The third-order valence-electron chi connectivity index (χ3n) is 6.68. The van der Waals surface area contributed by atoms with Crippen molar-refractivity contribution in [2.45, 2.75) is 31.8 Å². The highest BCUT2D eigenvalue weighted by molar-refractivity contribution is 5.79. The van der Waals surface area contributed by atoms with Crippen LogP contribution < -0.4 is 10.1 Å². The number of carbonyl (C=O) groups excluding carboxylic acids is 2. The summed E-state index contributed by atoms with van der Waals surface area (Å²) in [7, 11) is 1.66. The number of methoxy groups -OCH3 is 1. The molecular formula is C26H33N3O4. The maximum Gasteiger partial charge on any atom is 0.222 e. The van der Waals surface area contributed by atoms with Crippen LogP contribution in [-0.2, 0) is 20.7 Å². The Morgan fingerprint density at radius 2 is 1.82 bits per heavy atom. The largest absolute Gasteiger partial charge is 0.497 e. The molecule has 1 fully saturated rings. The molecule has 7 heteroatoms. The Morgan fingerprint density at radius 1 is 1.09 bits per heavy atom. The lowest BCUT2D eigenvalue weighted by Gasteiger charge is -2.37. The van der Waals surface area contributed by atoms with E-state index in [0.29, 0.717) is 26.3 Å². The summed E-state index contributed by atoms with van der Waals surface area (Å²) in [6.45, 7) is 5.74. The summed E-state index contributed by atoms with van der Waals surface area (Å²) < 4.78 is 10.8. The van der Waals surface area contributed by atoms with Crippen LogP contribution in [0.4, 0.5) is 0 Å². The molecule has 0 aliphatic carbocycles. The van der Waals surface area contributed by atoms with Crippen LogP contribution in [0.5, 0.6) is 5.75 Å². The highest BCUT2D eigenvalue weighted by Crippen LogP contribution is 2.32. The Hall–Kier alpha value is -2.90. The van der Waals surface area contributed by atoms with Crippen LogP contribution >= 0.6 is 0 Å². The van der Waals surface area contributed by atoms with Gasteiger partial charge in [-0.3, -0.25) is 14.5 Å². The van der Waals surface area contributed by atoms with Crippen molar-refractivity contribution in [3.8, 4) is 5.75 Å². The lowest BCUT2D eigenvalue weighted by atomic mass is 9.90. The molecule has 1 N–H and O–H groups in total. The topological polar surface area (TPSA) is 71.1 Å². The zero-order chi connectivity index (χ0) is 23.2. The van der Waals surface area contributed by atoms with Gasteiger partial charge < -0.3 is 19.7 Å². The van der Waals surface area contributed by atoms with Crippen LogP contribution in [0.3, 0.4) is 0 Å². The zero-order valence-electron chi connectivity index (χ0n) is 19.5. The maximum absolute atomic E-state index is 13.1. The lowest BCUT2D eigenvalue weighted by Crippen LogP contribution is -2.45. The SMILES string of the molecule is COc1ccc(C(CNC(=O)CC2c3ccccc3CCN2C(C)=O)N2CCOCC2)cc1. The molecule has 2 aromatic rings. The molecule has 0 bridgehead atoms. The summed E-state index contributed by atoms with van der Waals surface area (Å²) in [5, 5.41) is 3.15. The number of morpholine rings is 1. The molecule has 2 atom stereocenters. The summed E-state index contributed by atoms with van der Waals surface area (Å²) in [5.41, 5.74) is 3.43. The Kier molecular flexibility index (Phi) is 7.62. The van der Waals surface area contributed by atoms with Crippen molar-refractivity contribution in [2.24, 2.45) is 0 Å². The molecule has 33 heavy (non-hydrogen) atoms. The van der Waals surface area contributed by atoms with Crippen LogP contribution in [0.15, 0.2) is 48.5 Å². The van der Waals surface area contributed by atoms with Crippen molar-refractivity contribution in [1.29, 1.82) is 0 Å². The molecule has 0 spiro atoms. The fourth-order valence-corrected chi connectivity index (χ4v) is 4.88. The lowest BCUT2D eigenvalue weighted by molar-refractivity contribution is -0.133. The fraction of sp³-hybridized carbons (Fsp3) is 0.462. The van der Waals surface area contributed by atoms with Gasteiger partial charge >= 0.3 is 0 Å². The fourth-order valence-electron chi connectivity index (χ4n) is 4.88. The number of nitrogens with zero attached hydrogens (tertiary/aromatic N) is 2. The second-order valence-corrected chi connectivity index (χ2v) is 8.62. The van der Waals surface area contributed by atoms with E-state index < -0.39 is 0 Å². The minimum Gasteiger partial charge on any atom is -0.497 e. The monoisotopic (exact) mass is 451 g/mol. The third kappa shape index (κ3) is 5.54. The molecule has 176 valence electrons. The number of carbonyl (C=O) groups is 2. The average molecular weight is 452 g/mol. The van der Waals surface area contributed by atoms with Gasteiger partial charge in [0.2, 0.25) is 11.8 Å². The number of nitrogens with one attached hydrogen (secondary N) is 1. The average Bonchev–Trinajstić information content (AvgIpc) is 2.85. The molecule has 2 aromatic carbocycles. The van der Waals surface area contributed by atoms with Crippen molar-refractivity contribution in [3.63, 3.8) is 0 Å². The second kappa shape index (κ2) is 10.8. The number of benzene rings is 2. The van der Waals surface area contributed by atoms with Gasteiger partial charge in [-0.15, -0.1) is 0 Å². The number of fused-ring (bicyclic) bond motifs is 1. The molecule has 2 unspecified atom stereocenters. The zero-order valence-corrected chi connectivity index (χ0v) is 19.5. The number of hydrogen-bond donors (Lipinski definition) is 1. The summed E-state index contributed by atoms with van der Waals surface area (Å²) in [4.78, 5) is 29.5. The Labute approximate surface area is 195 Å². The molecular weight excluding hydrogens is 418 g/mol. The van der Waals surface area contributed by atoms with Gasteiger partial charge in [0, 0.05) is 33.1 Å². The van der Waals surface area contributed by atoms with Crippen molar-refractivity contribution in [3.05, 3.63) is 65.2 Å². The smallest absolute Gasteiger partial charge is 0.222 e. The van der Waals surface area contributed by atoms with Crippen LogP contribution in [-0.4, -0.2) is 68.1 Å². The van der Waals surface area contributed by atoms with E-state index in [2.05, 4.69) is 28.4 Å². The van der Waals surface area contributed by atoms with E-state index in [0.717, 1.165) is 36.4 Å². The molecule has 0 radical (unpaired) electrons. The van der Waals surface area contributed by atoms with Crippen LogP contribution in [0.25, 0.3) is 0 Å². The van der Waals surface area contributed by atoms with Gasteiger partial charge in [0.05, 0.1) is 38.8 Å². The van der Waals surface area contributed by atoms with E-state index in [1.54, 1.807) is 14.0 Å². The third-order valence-corrected chi connectivity index (χ3v) is 6.68. The predicted molar refractivity (Wildman–Crippen MR) is 126 cm³/mol. The van der Waals surface area contributed by atoms with Crippen LogP contribution in [0.1, 0.15) is 42.1 Å². The van der Waals surface area contributed by atoms with E-state index in [-0.39, 0.29) is 30.3 Å². The van der Waals surface area contributed by atoms with Gasteiger partial charge in [0.1, 0.15) is 5.75 Å². The molecule has 4 rings (SSSR count). The van der Waals surface area contributed by atoms with Crippen LogP contribution in [0, 0.1) is 0 Å². The van der Waals surface area contributed by atoms with Crippen molar-refractivity contribution < 1.29 is 19.1 Å². The summed E-state index contributed by atoms with van der Waals surface area (Å²) in [6.07, 6.45) is 1.08. The molecule has 1 saturated heterocycles. The summed E-state index contributed by atoms with van der Waals surface area (Å²) >= 11 is 0.